The third-order valence-electron chi connectivity index (χ3n) is 4.33. The molecule has 0 bridgehead atoms. The Hall–Kier alpha value is -3.16. The van der Waals surface area contributed by atoms with Crippen molar-refractivity contribution in [3.63, 3.8) is 0 Å². The zero-order valence-electron chi connectivity index (χ0n) is 13.7. The summed E-state index contributed by atoms with van der Waals surface area (Å²) in [7, 11) is 0. The van der Waals surface area contributed by atoms with Gasteiger partial charge in [0.15, 0.2) is 5.82 Å². The molecule has 1 saturated heterocycles. The predicted octanol–water partition coefficient (Wildman–Crippen LogP) is 1.86. The van der Waals surface area contributed by atoms with Crippen LogP contribution in [0.2, 0.25) is 0 Å². The number of pyridine rings is 1. The number of carbonyl (C=O) groups excluding carboxylic acids is 1. The molecule has 1 aliphatic heterocycles. The van der Waals surface area contributed by atoms with Gasteiger partial charge < -0.3 is 9.42 Å². The van der Waals surface area contributed by atoms with Crippen molar-refractivity contribution >= 4 is 5.91 Å². The SMILES string of the molecule is Cc1ccncc1C(=O)N1CCC(c2noc(-c3cnccn3)n2)C1. The normalized spacial score (nSPS) is 17.0. The van der Waals surface area contributed by atoms with E-state index in [2.05, 4.69) is 25.1 Å². The summed E-state index contributed by atoms with van der Waals surface area (Å²) in [6.45, 7) is 3.13. The Morgan fingerprint density at radius 2 is 2.12 bits per heavy atom. The molecule has 25 heavy (non-hydrogen) atoms. The van der Waals surface area contributed by atoms with Crippen molar-refractivity contribution in [2.24, 2.45) is 0 Å². The lowest BCUT2D eigenvalue weighted by molar-refractivity contribution is 0.0789. The molecule has 4 rings (SSSR count). The van der Waals surface area contributed by atoms with E-state index in [-0.39, 0.29) is 11.8 Å². The topological polar surface area (TPSA) is 97.9 Å². The number of amides is 1. The molecule has 1 unspecified atom stereocenters. The van der Waals surface area contributed by atoms with Crippen molar-refractivity contribution < 1.29 is 9.32 Å². The summed E-state index contributed by atoms with van der Waals surface area (Å²) in [5, 5.41) is 4.05. The van der Waals surface area contributed by atoms with Gasteiger partial charge in [-0.3, -0.25) is 14.8 Å². The summed E-state index contributed by atoms with van der Waals surface area (Å²) in [4.78, 5) is 31.1. The highest BCUT2D eigenvalue weighted by Crippen LogP contribution is 2.28. The van der Waals surface area contributed by atoms with Gasteiger partial charge in [0, 0.05) is 43.8 Å². The summed E-state index contributed by atoms with van der Waals surface area (Å²) >= 11 is 0. The first-order valence-electron chi connectivity index (χ1n) is 8.02. The second-order valence-corrected chi connectivity index (χ2v) is 5.98. The molecule has 0 spiro atoms. The molecule has 3 aromatic heterocycles. The van der Waals surface area contributed by atoms with Crippen molar-refractivity contribution in [1.82, 2.24) is 30.0 Å². The maximum absolute atomic E-state index is 12.7. The number of hydrogen-bond acceptors (Lipinski definition) is 7. The summed E-state index contributed by atoms with van der Waals surface area (Å²) < 4.78 is 5.29. The standard InChI is InChI=1S/C17H16N6O2/c1-11-2-4-18-8-13(11)17(24)23-7-3-12(10-23)15-21-16(25-22-15)14-9-19-5-6-20-14/h2,4-6,8-9,12H,3,7,10H2,1H3. The third kappa shape index (κ3) is 2.98. The number of rotatable bonds is 3. The van der Waals surface area contributed by atoms with Crippen LogP contribution < -0.4 is 0 Å². The zero-order valence-corrected chi connectivity index (χ0v) is 13.7. The number of hydrogen-bond donors (Lipinski definition) is 0. The minimum atomic E-state index is -0.00857. The van der Waals surface area contributed by atoms with Gasteiger partial charge in [-0.25, -0.2) is 4.98 Å². The first-order chi connectivity index (χ1) is 12.2. The zero-order chi connectivity index (χ0) is 17.2. The largest absolute Gasteiger partial charge is 0.338 e. The molecule has 0 saturated carbocycles. The summed E-state index contributed by atoms with van der Waals surface area (Å²) in [6.07, 6.45) is 8.84. The number of aryl methyl sites for hydroxylation is 1. The van der Waals surface area contributed by atoms with E-state index in [4.69, 9.17) is 4.52 Å². The van der Waals surface area contributed by atoms with E-state index in [0.717, 1.165) is 12.0 Å². The lowest BCUT2D eigenvalue weighted by Gasteiger charge is -2.16. The van der Waals surface area contributed by atoms with Gasteiger partial charge in [-0.05, 0) is 25.0 Å². The molecule has 0 N–H and O–H groups in total. The molecule has 0 aliphatic carbocycles. The third-order valence-corrected chi connectivity index (χ3v) is 4.33. The van der Waals surface area contributed by atoms with Crippen molar-refractivity contribution in [3.8, 4) is 11.6 Å². The quantitative estimate of drug-likeness (QED) is 0.720. The molecule has 8 heteroatoms. The fourth-order valence-corrected chi connectivity index (χ4v) is 2.93. The molecule has 1 amide bonds. The van der Waals surface area contributed by atoms with E-state index in [1.807, 2.05) is 17.9 Å². The fraction of sp³-hybridized carbons (Fsp3) is 0.294. The van der Waals surface area contributed by atoms with Crippen LogP contribution in [0.25, 0.3) is 11.6 Å². The Labute approximate surface area is 143 Å². The number of nitrogens with zero attached hydrogens (tertiary/aromatic N) is 6. The molecular formula is C17H16N6O2. The lowest BCUT2D eigenvalue weighted by atomic mass is 10.1. The average molecular weight is 336 g/mol. The Kier molecular flexibility index (Phi) is 3.93. The van der Waals surface area contributed by atoms with Gasteiger partial charge in [-0.2, -0.15) is 4.98 Å². The van der Waals surface area contributed by atoms with Crippen LogP contribution in [0.5, 0.6) is 0 Å². The van der Waals surface area contributed by atoms with Gasteiger partial charge in [0.1, 0.15) is 5.69 Å². The van der Waals surface area contributed by atoms with Gasteiger partial charge in [0.25, 0.3) is 11.8 Å². The van der Waals surface area contributed by atoms with E-state index in [1.54, 1.807) is 31.0 Å². The summed E-state index contributed by atoms with van der Waals surface area (Å²) in [5.74, 6) is 0.982. The highest BCUT2D eigenvalue weighted by molar-refractivity contribution is 5.95. The first kappa shape index (κ1) is 15.4. The number of likely N-dealkylation sites (tertiary alicyclic amines) is 1. The molecule has 1 fully saturated rings. The van der Waals surface area contributed by atoms with Gasteiger partial charge in [0.2, 0.25) is 0 Å². The molecule has 0 radical (unpaired) electrons. The fourth-order valence-electron chi connectivity index (χ4n) is 2.93. The van der Waals surface area contributed by atoms with Crippen molar-refractivity contribution in [1.29, 1.82) is 0 Å². The summed E-state index contributed by atoms with van der Waals surface area (Å²) in [5.41, 5.74) is 2.10. The van der Waals surface area contributed by atoms with Crippen molar-refractivity contribution in [2.75, 3.05) is 13.1 Å². The van der Waals surface area contributed by atoms with Crippen LogP contribution in [0.1, 0.15) is 34.1 Å². The minimum Gasteiger partial charge on any atom is -0.338 e. The highest BCUT2D eigenvalue weighted by Gasteiger charge is 2.31. The second kappa shape index (κ2) is 6.39. The molecular weight excluding hydrogens is 320 g/mol. The van der Waals surface area contributed by atoms with Crippen LogP contribution in [0.3, 0.4) is 0 Å². The molecule has 126 valence electrons. The molecule has 4 heterocycles. The predicted molar refractivity (Wildman–Crippen MR) is 87.6 cm³/mol. The Balaban J connectivity index is 1.49. The average Bonchev–Trinajstić information content (AvgIpc) is 3.32. The second-order valence-electron chi connectivity index (χ2n) is 5.98. The van der Waals surface area contributed by atoms with Crippen LogP contribution in [0.15, 0.2) is 41.6 Å². The van der Waals surface area contributed by atoms with Gasteiger partial charge in [-0.1, -0.05) is 5.16 Å². The first-order valence-corrected chi connectivity index (χ1v) is 8.02. The number of aromatic nitrogens is 5. The van der Waals surface area contributed by atoms with E-state index < -0.39 is 0 Å². The minimum absolute atomic E-state index is 0.00857. The highest BCUT2D eigenvalue weighted by atomic mass is 16.5. The lowest BCUT2D eigenvalue weighted by Crippen LogP contribution is -2.29. The Bertz CT molecular complexity index is 895. The van der Waals surface area contributed by atoms with E-state index in [9.17, 15) is 4.79 Å². The number of carbonyl (C=O) groups is 1. The maximum Gasteiger partial charge on any atom is 0.278 e. The van der Waals surface area contributed by atoms with E-state index >= 15 is 0 Å². The van der Waals surface area contributed by atoms with Crippen LogP contribution in [-0.4, -0.2) is 49.0 Å². The Morgan fingerprint density at radius 1 is 1.24 bits per heavy atom. The van der Waals surface area contributed by atoms with Crippen LogP contribution in [0.4, 0.5) is 0 Å². The molecule has 8 nitrogen and oxygen atoms in total. The van der Waals surface area contributed by atoms with Crippen molar-refractivity contribution in [2.45, 2.75) is 19.3 Å². The van der Waals surface area contributed by atoms with Crippen molar-refractivity contribution in [3.05, 3.63) is 54.0 Å². The smallest absolute Gasteiger partial charge is 0.278 e. The van der Waals surface area contributed by atoms with Crippen LogP contribution in [0, 0.1) is 6.92 Å². The Morgan fingerprint density at radius 3 is 2.92 bits per heavy atom. The van der Waals surface area contributed by atoms with Gasteiger partial charge in [-0.15, -0.1) is 0 Å². The molecule has 1 aliphatic rings. The van der Waals surface area contributed by atoms with E-state index in [0.29, 0.717) is 36.1 Å². The molecule has 1 atom stereocenters. The van der Waals surface area contributed by atoms with Gasteiger partial charge in [0.05, 0.1) is 11.8 Å². The molecule has 3 aromatic rings. The van der Waals surface area contributed by atoms with Crippen LogP contribution in [-0.2, 0) is 0 Å². The van der Waals surface area contributed by atoms with E-state index in [1.165, 1.54) is 0 Å². The van der Waals surface area contributed by atoms with Crippen LogP contribution >= 0.6 is 0 Å². The maximum atomic E-state index is 12.7. The molecule has 0 aromatic carbocycles. The van der Waals surface area contributed by atoms with Gasteiger partial charge >= 0.3 is 0 Å². The summed E-state index contributed by atoms with van der Waals surface area (Å²) in [6, 6.07) is 1.84. The monoisotopic (exact) mass is 336 g/mol.